The number of hydrogen-bond acceptors (Lipinski definition) is 3. The Bertz CT molecular complexity index is 556. The zero-order valence-corrected chi connectivity index (χ0v) is 15.1. The van der Waals surface area contributed by atoms with Crippen LogP contribution in [0, 0.1) is 17.8 Å². The summed E-state index contributed by atoms with van der Waals surface area (Å²) in [6.45, 7) is 9.69. The molecule has 0 aliphatic carbocycles. The van der Waals surface area contributed by atoms with Gasteiger partial charge in [-0.2, -0.15) is 0 Å². The first kappa shape index (κ1) is 19.1. The van der Waals surface area contributed by atoms with E-state index in [1.807, 2.05) is 46.8 Å². The molecule has 5 heteroatoms. The van der Waals surface area contributed by atoms with Gasteiger partial charge in [-0.25, -0.2) is 0 Å². The second-order valence-corrected chi connectivity index (χ2v) is 6.73. The number of rotatable bonds is 7. The normalized spacial score (nSPS) is 16.1. The molecule has 1 aromatic heterocycles. The van der Waals surface area contributed by atoms with Crippen LogP contribution in [0.5, 0.6) is 0 Å². The van der Waals surface area contributed by atoms with Crippen molar-refractivity contribution in [1.29, 1.82) is 0 Å². The summed E-state index contributed by atoms with van der Waals surface area (Å²) in [6.07, 6.45) is 3.49. The second kappa shape index (κ2) is 7.57. The molecule has 0 aromatic carbocycles. The number of anilines is 1. The van der Waals surface area contributed by atoms with E-state index in [2.05, 4.69) is 15.6 Å². The van der Waals surface area contributed by atoms with Crippen LogP contribution in [0.2, 0.25) is 0 Å². The average molecular weight is 319 g/mol. The van der Waals surface area contributed by atoms with E-state index in [-0.39, 0.29) is 11.8 Å². The monoisotopic (exact) mass is 319 g/mol. The Hall–Kier alpha value is -1.91. The van der Waals surface area contributed by atoms with Gasteiger partial charge < -0.3 is 10.6 Å². The highest BCUT2D eigenvalue weighted by atomic mass is 16.2. The number of nitrogens with zero attached hydrogens (tertiary/aromatic N) is 1. The number of nitrogens with one attached hydrogen (secondary N) is 2. The number of aromatic nitrogens is 1. The minimum atomic E-state index is -0.623. The first-order chi connectivity index (χ1) is 10.7. The lowest BCUT2D eigenvalue weighted by Gasteiger charge is -2.36. The smallest absolute Gasteiger partial charge is 0.230 e. The number of carbonyl (C=O) groups is 2. The van der Waals surface area contributed by atoms with Crippen molar-refractivity contribution in [3.8, 4) is 0 Å². The maximum atomic E-state index is 12.8. The van der Waals surface area contributed by atoms with Crippen LogP contribution in [0.4, 0.5) is 5.69 Å². The largest absolute Gasteiger partial charge is 0.359 e. The number of aryl methyl sites for hydroxylation is 1. The van der Waals surface area contributed by atoms with E-state index < -0.39 is 10.8 Å². The van der Waals surface area contributed by atoms with E-state index in [4.69, 9.17) is 0 Å². The average Bonchev–Trinajstić information content (AvgIpc) is 2.55. The molecule has 0 fully saturated rings. The number of amides is 2. The predicted octanol–water partition coefficient (Wildman–Crippen LogP) is 3.30. The van der Waals surface area contributed by atoms with Gasteiger partial charge in [-0.1, -0.05) is 27.7 Å². The predicted molar refractivity (Wildman–Crippen MR) is 93.1 cm³/mol. The maximum Gasteiger partial charge on any atom is 0.230 e. The lowest BCUT2D eigenvalue weighted by atomic mass is 9.69. The first-order valence-electron chi connectivity index (χ1n) is 8.17. The van der Waals surface area contributed by atoms with Crippen LogP contribution >= 0.6 is 0 Å². The van der Waals surface area contributed by atoms with Crippen LogP contribution in [0.25, 0.3) is 0 Å². The van der Waals surface area contributed by atoms with Crippen molar-refractivity contribution < 1.29 is 9.59 Å². The third kappa shape index (κ3) is 4.53. The quantitative estimate of drug-likeness (QED) is 0.810. The van der Waals surface area contributed by atoms with Gasteiger partial charge in [0.05, 0.1) is 11.9 Å². The van der Waals surface area contributed by atoms with Crippen LogP contribution in [0.3, 0.4) is 0 Å². The van der Waals surface area contributed by atoms with Gasteiger partial charge in [0.2, 0.25) is 11.8 Å². The Morgan fingerprint density at radius 2 is 1.65 bits per heavy atom. The van der Waals surface area contributed by atoms with Crippen LogP contribution in [0.15, 0.2) is 18.3 Å². The summed E-state index contributed by atoms with van der Waals surface area (Å²) < 4.78 is 0. The van der Waals surface area contributed by atoms with E-state index >= 15 is 0 Å². The van der Waals surface area contributed by atoms with Crippen molar-refractivity contribution in [1.82, 2.24) is 10.3 Å². The Balaban J connectivity index is 2.96. The first-order valence-corrected chi connectivity index (χ1v) is 8.17. The molecular formula is C18H29N3O2. The molecule has 1 heterocycles. The fourth-order valence-corrected chi connectivity index (χ4v) is 2.72. The number of pyridine rings is 1. The highest BCUT2D eigenvalue weighted by molar-refractivity contribution is 5.95. The molecule has 0 spiro atoms. The van der Waals surface area contributed by atoms with E-state index in [0.29, 0.717) is 24.9 Å². The second-order valence-electron chi connectivity index (χ2n) is 6.73. The van der Waals surface area contributed by atoms with E-state index in [9.17, 15) is 9.59 Å². The standard InChI is InChI=1S/C18H29N3O2/c1-7-17(4,15(22)19-6)12-18(5,8-2)16(23)21-14-10-9-13(3)20-11-14/h9-11H,7-8,12H2,1-6H3,(H,19,22)(H,21,23). The van der Waals surface area contributed by atoms with Gasteiger partial charge in [0.25, 0.3) is 0 Å². The van der Waals surface area contributed by atoms with Crippen molar-refractivity contribution in [3.05, 3.63) is 24.0 Å². The molecule has 2 amide bonds. The van der Waals surface area contributed by atoms with Crippen molar-refractivity contribution in [2.45, 2.75) is 53.9 Å². The molecular weight excluding hydrogens is 290 g/mol. The molecule has 23 heavy (non-hydrogen) atoms. The van der Waals surface area contributed by atoms with E-state index in [0.717, 1.165) is 5.69 Å². The summed E-state index contributed by atoms with van der Waals surface area (Å²) in [5.41, 5.74) is 0.391. The summed E-state index contributed by atoms with van der Waals surface area (Å²) in [6, 6.07) is 3.70. The third-order valence-electron chi connectivity index (χ3n) is 4.83. The van der Waals surface area contributed by atoms with Crippen molar-refractivity contribution >= 4 is 17.5 Å². The fraction of sp³-hybridized carbons (Fsp3) is 0.611. The Kier molecular flexibility index (Phi) is 6.30. The van der Waals surface area contributed by atoms with E-state index in [1.165, 1.54) is 0 Å². The molecule has 0 aliphatic heterocycles. The van der Waals surface area contributed by atoms with Gasteiger partial charge in [0.15, 0.2) is 0 Å². The zero-order chi connectivity index (χ0) is 17.7. The molecule has 0 bridgehead atoms. The summed E-state index contributed by atoms with van der Waals surface area (Å²) in [7, 11) is 1.64. The van der Waals surface area contributed by atoms with Crippen molar-refractivity contribution in [2.75, 3.05) is 12.4 Å². The Labute approximate surface area is 139 Å². The number of hydrogen-bond donors (Lipinski definition) is 2. The molecule has 2 unspecified atom stereocenters. The lowest BCUT2D eigenvalue weighted by Crippen LogP contribution is -2.44. The topological polar surface area (TPSA) is 71.1 Å². The molecule has 2 N–H and O–H groups in total. The van der Waals surface area contributed by atoms with Gasteiger partial charge >= 0.3 is 0 Å². The lowest BCUT2D eigenvalue weighted by molar-refractivity contribution is -0.135. The highest BCUT2D eigenvalue weighted by Gasteiger charge is 2.42. The number of carbonyl (C=O) groups excluding carboxylic acids is 2. The SMILES string of the molecule is CCC(C)(CC(C)(CC)C(=O)Nc1ccc(C)nc1)C(=O)NC. The van der Waals surface area contributed by atoms with E-state index in [1.54, 1.807) is 13.2 Å². The summed E-state index contributed by atoms with van der Waals surface area (Å²) in [5.74, 6) is -0.0984. The zero-order valence-electron chi connectivity index (χ0n) is 15.1. The molecule has 5 nitrogen and oxygen atoms in total. The van der Waals surface area contributed by atoms with Crippen molar-refractivity contribution in [3.63, 3.8) is 0 Å². The van der Waals surface area contributed by atoms with Gasteiger partial charge in [-0.3, -0.25) is 14.6 Å². The van der Waals surface area contributed by atoms with Gasteiger partial charge in [0, 0.05) is 23.6 Å². The van der Waals surface area contributed by atoms with Crippen LogP contribution in [0.1, 0.15) is 52.7 Å². The molecule has 2 atom stereocenters. The van der Waals surface area contributed by atoms with Crippen LogP contribution in [-0.2, 0) is 9.59 Å². The molecule has 1 rings (SSSR count). The van der Waals surface area contributed by atoms with Crippen LogP contribution in [-0.4, -0.2) is 23.8 Å². The van der Waals surface area contributed by atoms with Gasteiger partial charge in [-0.05, 0) is 38.3 Å². The maximum absolute atomic E-state index is 12.8. The summed E-state index contributed by atoms with van der Waals surface area (Å²) in [4.78, 5) is 29.2. The molecule has 0 saturated carbocycles. The minimum absolute atomic E-state index is 0.0236. The highest BCUT2D eigenvalue weighted by Crippen LogP contribution is 2.40. The summed E-state index contributed by atoms with van der Waals surface area (Å²) in [5, 5.41) is 5.65. The molecule has 0 radical (unpaired) electrons. The Morgan fingerprint density at radius 1 is 1.09 bits per heavy atom. The minimum Gasteiger partial charge on any atom is -0.359 e. The summed E-state index contributed by atoms with van der Waals surface area (Å²) >= 11 is 0. The molecule has 1 aromatic rings. The molecule has 0 saturated heterocycles. The third-order valence-corrected chi connectivity index (χ3v) is 4.83. The van der Waals surface area contributed by atoms with Gasteiger partial charge in [-0.15, -0.1) is 0 Å². The van der Waals surface area contributed by atoms with Gasteiger partial charge in [0.1, 0.15) is 0 Å². The Morgan fingerprint density at radius 3 is 2.09 bits per heavy atom. The molecule has 128 valence electrons. The van der Waals surface area contributed by atoms with Crippen LogP contribution < -0.4 is 10.6 Å². The van der Waals surface area contributed by atoms with Crippen molar-refractivity contribution in [2.24, 2.45) is 10.8 Å². The fourth-order valence-electron chi connectivity index (χ4n) is 2.72. The molecule has 0 aliphatic rings.